The normalized spacial score (nSPS) is 11.7. The fourth-order valence-corrected chi connectivity index (χ4v) is 7.17. The van der Waals surface area contributed by atoms with Crippen LogP contribution in [0.25, 0.3) is 0 Å². The summed E-state index contributed by atoms with van der Waals surface area (Å²) >= 11 is 0. The molecule has 0 aliphatic heterocycles. The zero-order valence-electron chi connectivity index (χ0n) is 13.5. The molecule has 0 aliphatic rings. The minimum atomic E-state index is -1.66. The van der Waals surface area contributed by atoms with Crippen LogP contribution in [0.5, 0.6) is 0 Å². The first-order valence-corrected chi connectivity index (χ1v) is 10.0. The van der Waals surface area contributed by atoms with E-state index in [-0.39, 0.29) is 0 Å². The molecule has 23 heavy (non-hydrogen) atoms. The van der Waals surface area contributed by atoms with E-state index in [9.17, 15) is 0 Å². The molecule has 0 atom stereocenters. The Labute approximate surface area is 139 Å². The van der Waals surface area contributed by atoms with Crippen LogP contribution in [0.15, 0.2) is 103 Å². The van der Waals surface area contributed by atoms with Crippen molar-refractivity contribution in [2.75, 3.05) is 6.16 Å². The van der Waals surface area contributed by atoms with E-state index in [4.69, 9.17) is 0 Å². The smallest absolute Gasteiger partial charge is 0.0880 e. The van der Waals surface area contributed by atoms with E-state index in [0.29, 0.717) is 0 Å². The van der Waals surface area contributed by atoms with Gasteiger partial charge in [0.05, 0.1) is 6.16 Å². The summed E-state index contributed by atoms with van der Waals surface area (Å²) in [5.41, 5.74) is 0. The fraction of sp³-hybridized carbons (Fsp3) is 0.0909. The number of hydrogen-bond acceptors (Lipinski definition) is 0. The van der Waals surface area contributed by atoms with E-state index in [1.807, 2.05) is 0 Å². The van der Waals surface area contributed by atoms with Crippen molar-refractivity contribution in [3.8, 4) is 0 Å². The molecule has 0 fully saturated rings. The molecule has 0 nitrogen and oxygen atoms in total. The summed E-state index contributed by atoms with van der Waals surface area (Å²) < 4.78 is 0. The molecule has 0 aliphatic carbocycles. The Balaban J connectivity index is 2.30. The van der Waals surface area contributed by atoms with Gasteiger partial charge in [-0.1, -0.05) is 66.7 Å². The summed E-state index contributed by atoms with van der Waals surface area (Å²) in [7, 11) is -1.66. The summed E-state index contributed by atoms with van der Waals surface area (Å²) in [6.07, 6.45) is 5.55. The Hall–Kier alpha value is -2.17. The lowest BCUT2D eigenvalue weighted by Crippen LogP contribution is -2.32. The third-order valence-corrected chi connectivity index (χ3v) is 8.50. The average Bonchev–Trinajstić information content (AvgIpc) is 2.65. The van der Waals surface area contributed by atoms with Crippen LogP contribution in [0.1, 0.15) is 6.92 Å². The predicted octanol–water partition coefficient (Wildman–Crippen LogP) is 4.56. The summed E-state index contributed by atoms with van der Waals surface area (Å²) in [6, 6.07) is 33.0. The van der Waals surface area contributed by atoms with Gasteiger partial charge in [-0.3, -0.25) is 0 Å². The van der Waals surface area contributed by atoms with Gasteiger partial charge < -0.3 is 0 Å². The van der Waals surface area contributed by atoms with Crippen LogP contribution in [-0.4, -0.2) is 6.16 Å². The van der Waals surface area contributed by atoms with Crippen molar-refractivity contribution in [3.63, 3.8) is 0 Å². The van der Waals surface area contributed by atoms with Gasteiger partial charge in [0.1, 0.15) is 23.2 Å². The zero-order valence-corrected chi connectivity index (χ0v) is 14.4. The van der Waals surface area contributed by atoms with Crippen molar-refractivity contribution in [2.45, 2.75) is 6.92 Å². The first kappa shape index (κ1) is 15.7. The van der Waals surface area contributed by atoms with Gasteiger partial charge >= 0.3 is 0 Å². The SMILES string of the molecule is C/C=C/C[P+](c1ccccc1)(c1ccccc1)c1ccccc1. The van der Waals surface area contributed by atoms with Crippen molar-refractivity contribution in [2.24, 2.45) is 0 Å². The number of hydrogen-bond donors (Lipinski definition) is 0. The third kappa shape index (κ3) is 3.14. The molecule has 0 radical (unpaired) electrons. The van der Waals surface area contributed by atoms with Gasteiger partial charge in [-0.05, 0) is 43.3 Å². The number of rotatable bonds is 5. The molecular weight excluding hydrogens is 295 g/mol. The summed E-state index contributed by atoms with van der Waals surface area (Å²) in [4.78, 5) is 0. The van der Waals surface area contributed by atoms with Crippen LogP contribution in [0.2, 0.25) is 0 Å². The second-order valence-corrected chi connectivity index (χ2v) is 9.10. The summed E-state index contributed by atoms with van der Waals surface area (Å²) in [5, 5.41) is 4.32. The first-order valence-electron chi connectivity index (χ1n) is 8.04. The summed E-state index contributed by atoms with van der Waals surface area (Å²) in [6.45, 7) is 2.11. The van der Waals surface area contributed by atoms with Gasteiger partial charge in [0, 0.05) is 0 Å². The molecule has 0 saturated heterocycles. The molecule has 1 heteroatoms. The second kappa shape index (κ2) is 7.40. The topological polar surface area (TPSA) is 0 Å². The minimum Gasteiger partial charge on any atom is -0.0880 e. The van der Waals surface area contributed by atoms with Gasteiger partial charge in [0.2, 0.25) is 0 Å². The Morgan fingerprint density at radius 1 is 0.609 bits per heavy atom. The highest BCUT2D eigenvalue weighted by atomic mass is 31.2. The minimum absolute atomic E-state index is 1.06. The molecule has 0 bridgehead atoms. The molecule has 0 aromatic heterocycles. The van der Waals surface area contributed by atoms with Crippen LogP contribution in [0.3, 0.4) is 0 Å². The second-order valence-electron chi connectivity index (χ2n) is 5.57. The van der Waals surface area contributed by atoms with E-state index in [2.05, 4.69) is 110 Å². The average molecular weight is 317 g/mol. The van der Waals surface area contributed by atoms with Crippen molar-refractivity contribution in [1.29, 1.82) is 0 Å². The molecule has 0 saturated carbocycles. The highest BCUT2D eigenvalue weighted by Crippen LogP contribution is 2.55. The van der Waals surface area contributed by atoms with E-state index < -0.39 is 7.26 Å². The predicted molar refractivity (Wildman–Crippen MR) is 105 cm³/mol. The molecular formula is C22H22P+. The van der Waals surface area contributed by atoms with Crippen LogP contribution < -0.4 is 15.9 Å². The van der Waals surface area contributed by atoms with E-state index in [0.717, 1.165) is 6.16 Å². The van der Waals surface area contributed by atoms with Crippen LogP contribution >= 0.6 is 7.26 Å². The van der Waals surface area contributed by atoms with E-state index >= 15 is 0 Å². The first-order chi connectivity index (χ1) is 11.4. The third-order valence-electron chi connectivity index (χ3n) is 4.21. The highest BCUT2D eigenvalue weighted by molar-refractivity contribution is 7.95. The largest absolute Gasteiger partial charge is 0.115 e. The highest BCUT2D eigenvalue weighted by Gasteiger charge is 2.43. The molecule has 0 unspecified atom stereocenters. The standard InChI is InChI=1S/C22H22P/c1-2-3-19-23(20-13-7-4-8-14-20,21-15-9-5-10-16-21)22-17-11-6-12-18-22/h2-18H,19H2,1H3/q+1/b3-2+. The van der Waals surface area contributed by atoms with Crippen molar-refractivity contribution >= 4 is 23.2 Å². The molecule has 3 aromatic rings. The van der Waals surface area contributed by atoms with Gasteiger partial charge in [-0.25, -0.2) is 0 Å². The van der Waals surface area contributed by atoms with Crippen LogP contribution in [-0.2, 0) is 0 Å². The number of allylic oxidation sites excluding steroid dienone is 2. The van der Waals surface area contributed by atoms with Gasteiger partial charge in [0.25, 0.3) is 0 Å². The molecule has 0 N–H and O–H groups in total. The quantitative estimate of drug-likeness (QED) is 0.478. The maximum Gasteiger partial charge on any atom is 0.115 e. The van der Waals surface area contributed by atoms with Crippen molar-refractivity contribution < 1.29 is 0 Å². The lowest BCUT2D eigenvalue weighted by atomic mass is 10.4. The monoisotopic (exact) mass is 317 g/mol. The lowest BCUT2D eigenvalue weighted by molar-refractivity contribution is 1.61. The van der Waals surface area contributed by atoms with Crippen molar-refractivity contribution in [1.82, 2.24) is 0 Å². The molecule has 0 amide bonds. The Morgan fingerprint density at radius 2 is 0.957 bits per heavy atom. The molecule has 3 rings (SSSR count). The van der Waals surface area contributed by atoms with Crippen molar-refractivity contribution in [3.05, 3.63) is 103 Å². The molecule has 0 heterocycles. The molecule has 3 aromatic carbocycles. The fourth-order valence-electron chi connectivity index (χ4n) is 3.07. The maximum atomic E-state index is 2.32. The summed E-state index contributed by atoms with van der Waals surface area (Å²) in [5.74, 6) is 0. The maximum absolute atomic E-state index is 2.32. The van der Waals surface area contributed by atoms with E-state index in [1.54, 1.807) is 0 Å². The Morgan fingerprint density at radius 3 is 1.26 bits per heavy atom. The van der Waals surface area contributed by atoms with Crippen LogP contribution in [0, 0.1) is 0 Å². The molecule has 0 spiro atoms. The lowest BCUT2D eigenvalue weighted by Gasteiger charge is -2.26. The Bertz CT molecular complexity index is 649. The van der Waals surface area contributed by atoms with Crippen LogP contribution in [0.4, 0.5) is 0 Å². The van der Waals surface area contributed by atoms with Gasteiger partial charge in [-0.2, -0.15) is 0 Å². The molecule has 114 valence electrons. The van der Waals surface area contributed by atoms with E-state index in [1.165, 1.54) is 15.9 Å². The van der Waals surface area contributed by atoms with Gasteiger partial charge in [0.15, 0.2) is 0 Å². The zero-order chi connectivity index (χ0) is 16.0. The van der Waals surface area contributed by atoms with Gasteiger partial charge in [-0.15, -0.1) is 0 Å². The number of benzene rings is 3. The Kier molecular flexibility index (Phi) is 5.05.